The Morgan fingerprint density at radius 3 is 2.36 bits per heavy atom. The van der Waals surface area contributed by atoms with Gasteiger partial charge in [0.15, 0.2) is 11.5 Å². The van der Waals surface area contributed by atoms with Crippen LogP contribution < -0.4 is 14.8 Å². The predicted octanol–water partition coefficient (Wildman–Crippen LogP) is 6.50. The minimum atomic E-state index is -0.310. The first-order chi connectivity index (χ1) is 20.3. The van der Waals surface area contributed by atoms with Crippen LogP contribution >= 0.6 is 0 Å². The number of rotatable bonds is 11. The molecule has 42 heavy (non-hydrogen) atoms. The molecule has 3 amide bonds. The van der Waals surface area contributed by atoms with Gasteiger partial charge in [-0.2, -0.15) is 0 Å². The number of ether oxygens (including phenoxy) is 3. The molecule has 1 N–H and O–H groups in total. The minimum Gasteiger partial charge on any atom is -0.467 e. The summed E-state index contributed by atoms with van der Waals surface area (Å²) >= 11 is 0. The van der Waals surface area contributed by atoms with Crippen LogP contribution in [0.4, 0.5) is 10.5 Å². The van der Waals surface area contributed by atoms with Crippen LogP contribution in [0.2, 0.25) is 0 Å². The molecule has 1 atom stereocenters. The maximum absolute atomic E-state index is 14.0. The van der Waals surface area contributed by atoms with Crippen molar-refractivity contribution in [2.75, 3.05) is 31.8 Å². The van der Waals surface area contributed by atoms with Crippen molar-refractivity contribution in [3.05, 3.63) is 77.2 Å². The molecular formula is C33H41N3O6. The Morgan fingerprint density at radius 1 is 0.929 bits per heavy atom. The first kappa shape index (κ1) is 29.5. The summed E-state index contributed by atoms with van der Waals surface area (Å²) in [5.74, 6) is 2.24. The number of benzene rings is 2. The third-order valence-corrected chi connectivity index (χ3v) is 7.76. The van der Waals surface area contributed by atoms with Gasteiger partial charge < -0.3 is 33.7 Å². The van der Waals surface area contributed by atoms with Crippen LogP contribution in [0.1, 0.15) is 74.8 Å². The number of anilines is 1. The van der Waals surface area contributed by atoms with Crippen LogP contribution in [0, 0.1) is 0 Å². The van der Waals surface area contributed by atoms with Crippen LogP contribution in [-0.2, 0) is 22.6 Å². The van der Waals surface area contributed by atoms with E-state index in [4.69, 9.17) is 18.6 Å². The molecular weight excluding hydrogens is 534 g/mol. The van der Waals surface area contributed by atoms with E-state index >= 15 is 0 Å². The second-order valence-electron chi connectivity index (χ2n) is 11.6. The summed E-state index contributed by atoms with van der Waals surface area (Å²) in [5, 5.41) is 3.20. The Balaban J connectivity index is 1.39. The molecule has 1 aromatic heterocycles. The van der Waals surface area contributed by atoms with Gasteiger partial charge in [-0.25, -0.2) is 4.79 Å². The topological polar surface area (TPSA) is 93.5 Å². The zero-order valence-electron chi connectivity index (χ0n) is 24.9. The number of urea groups is 1. The molecule has 5 rings (SSSR count). The smallest absolute Gasteiger partial charge is 0.322 e. The molecule has 2 aliphatic rings. The van der Waals surface area contributed by atoms with E-state index in [1.54, 1.807) is 22.1 Å². The summed E-state index contributed by atoms with van der Waals surface area (Å²) in [4.78, 5) is 31.2. The van der Waals surface area contributed by atoms with Gasteiger partial charge in [-0.1, -0.05) is 52.0 Å². The number of nitrogens with zero attached hydrogens (tertiary/aromatic N) is 2. The standard InChI is InChI=1S/C33H41N3O6/c1-22(2)27-10-5-11-28(23(3)4)32(27)34-33(38)36(19-26-9-7-15-40-26)20-31(37)35(18-25-8-6-14-39-25)17-24-12-13-29-30(16-24)42-21-41-29/h5-6,8,10-14,16,22-23,26H,7,9,15,17-21H2,1-4H3,(H,34,38). The fourth-order valence-corrected chi connectivity index (χ4v) is 5.48. The summed E-state index contributed by atoms with van der Waals surface area (Å²) in [7, 11) is 0. The lowest BCUT2D eigenvalue weighted by atomic mass is 9.93. The lowest BCUT2D eigenvalue weighted by molar-refractivity contribution is -0.133. The Bertz CT molecular complexity index is 1340. The van der Waals surface area contributed by atoms with Crippen LogP contribution in [0.15, 0.2) is 59.2 Å². The molecule has 2 aliphatic heterocycles. The summed E-state index contributed by atoms with van der Waals surface area (Å²) in [6, 6.07) is 15.1. The van der Waals surface area contributed by atoms with Crippen molar-refractivity contribution >= 4 is 17.6 Å². The molecule has 9 heteroatoms. The van der Waals surface area contributed by atoms with Crippen LogP contribution in [0.25, 0.3) is 0 Å². The fraction of sp³-hybridized carbons (Fsp3) is 0.455. The number of carbonyl (C=O) groups excluding carboxylic acids is 2. The van der Waals surface area contributed by atoms with Gasteiger partial charge in [0, 0.05) is 25.4 Å². The van der Waals surface area contributed by atoms with Gasteiger partial charge in [-0.3, -0.25) is 4.79 Å². The first-order valence-electron chi connectivity index (χ1n) is 14.8. The van der Waals surface area contributed by atoms with Gasteiger partial charge in [-0.05, 0) is 65.6 Å². The van der Waals surface area contributed by atoms with Gasteiger partial charge in [0.2, 0.25) is 12.7 Å². The van der Waals surface area contributed by atoms with Crippen molar-refractivity contribution in [2.45, 2.75) is 71.6 Å². The largest absolute Gasteiger partial charge is 0.467 e. The quantitative estimate of drug-likeness (QED) is 0.281. The van der Waals surface area contributed by atoms with E-state index in [0.29, 0.717) is 37.0 Å². The van der Waals surface area contributed by atoms with Gasteiger partial charge in [0.1, 0.15) is 12.3 Å². The van der Waals surface area contributed by atoms with Gasteiger partial charge in [0.05, 0.1) is 18.9 Å². The Kier molecular flexibility index (Phi) is 9.37. The molecule has 224 valence electrons. The Morgan fingerprint density at radius 2 is 1.69 bits per heavy atom. The van der Waals surface area contributed by atoms with Crippen LogP contribution in [0.3, 0.4) is 0 Å². The third-order valence-electron chi connectivity index (χ3n) is 7.76. The fourth-order valence-electron chi connectivity index (χ4n) is 5.48. The molecule has 0 saturated carbocycles. The van der Waals surface area contributed by atoms with Gasteiger partial charge in [-0.15, -0.1) is 0 Å². The predicted molar refractivity (Wildman–Crippen MR) is 160 cm³/mol. The molecule has 9 nitrogen and oxygen atoms in total. The van der Waals surface area contributed by atoms with Crippen molar-refractivity contribution in [1.29, 1.82) is 0 Å². The summed E-state index contributed by atoms with van der Waals surface area (Å²) in [6.07, 6.45) is 3.27. The van der Waals surface area contributed by atoms with Crippen molar-refractivity contribution < 1.29 is 28.2 Å². The van der Waals surface area contributed by atoms with Crippen molar-refractivity contribution in [3.63, 3.8) is 0 Å². The number of carbonyl (C=O) groups is 2. The summed E-state index contributed by atoms with van der Waals surface area (Å²) in [6.45, 7) is 10.1. The highest BCUT2D eigenvalue weighted by Gasteiger charge is 2.28. The first-order valence-corrected chi connectivity index (χ1v) is 14.8. The molecule has 3 heterocycles. The third kappa shape index (κ3) is 7.07. The molecule has 1 unspecified atom stereocenters. The lowest BCUT2D eigenvalue weighted by Gasteiger charge is -2.30. The lowest BCUT2D eigenvalue weighted by Crippen LogP contribution is -2.47. The molecule has 1 saturated heterocycles. The van der Waals surface area contributed by atoms with Crippen LogP contribution in [0.5, 0.6) is 11.5 Å². The number of para-hydroxylation sites is 1. The zero-order valence-corrected chi connectivity index (χ0v) is 24.9. The molecule has 0 bridgehead atoms. The molecule has 1 fully saturated rings. The van der Waals surface area contributed by atoms with E-state index in [9.17, 15) is 9.59 Å². The van der Waals surface area contributed by atoms with Crippen molar-refractivity contribution in [2.24, 2.45) is 0 Å². The van der Waals surface area contributed by atoms with E-state index in [-0.39, 0.29) is 49.8 Å². The van der Waals surface area contributed by atoms with E-state index in [0.717, 1.165) is 35.2 Å². The van der Waals surface area contributed by atoms with Gasteiger partial charge in [0.25, 0.3) is 0 Å². The highest BCUT2D eigenvalue weighted by molar-refractivity contribution is 5.94. The van der Waals surface area contributed by atoms with Crippen molar-refractivity contribution in [1.82, 2.24) is 9.80 Å². The summed E-state index contributed by atoms with van der Waals surface area (Å²) < 4.78 is 22.5. The number of furan rings is 1. The highest BCUT2D eigenvalue weighted by atomic mass is 16.7. The molecule has 0 radical (unpaired) electrons. The second kappa shape index (κ2) is 13.3. The van der Waals surface area contributed by atoms with E-state index in [1.165, 1.54) is 0 Å². The van der Waals surface area contributed by atoms with Crippen LogP contribution in [-0.4, -0.2) is 54.3 Å². The molecule has 0 spiro atoms. The number of hydrogen-bond acceptors (Lipinski definition) is 6. The number of amides is 3. The number of fused-ring (bicyclic) bond motifs is 1. The minimum absolute atomic E-state index is 0.0994. The maximum Gasteiger partial charge on any atom is 0.322 e. The Hall–Kier alpha value is -3.98. The van der Waals surface area contributed by atoms with Crippen molar-refractivity contribution in [3.8, 4) is 11.5 Å². The monoisotopic (exact) mass is 575 g/mol. The van der Waals surface area contributed by atoms with E-state index in [2.05, 4.69) is 45.1 Å². The highest BCUT2D eigenvalue weighted by Crippen LogP contribution is 2.34. The average Bonchev–Trinajstić information content (AvgIpc) is 3.75. The molecule has 3 aromatic rings. The Labute approximate surface area is 247 Å². The number of nitrogens with one attached hydrogen (secondary N) is 1. The molecule has 0 aliphatic carbocycles. The normalized spacial score (nSPS) is 15.8. The zero-order chi connectivity index (χ0) is 29.6. The van der Waals surface area contributed by atoms with Gasteiger partial charge >= 0.3 is 6.03 Å². The van der Waals surface area contributed by atoms with E-state index < -0.39 is 0 Å². The molecule has 2 aromatic carbocycles. The summed E-state index contributed by atoms with van der Waals surface area (Å²) in [5.41, 5.74) is 3.85. The maximum atomic E-state index is 14.0. The average molecular weight is 576 g/mol. The number of hydrogen-bond donors (Lipinski definition) is 1. The SMILES string of the molecule is CC(C)c1cccc(C(C)C)c1NC(=O)N(CC(=O)N(Cc1ccc2c(c1)OCO2)Cc1ccco1)CC1CCCO1. The van der Waals surface area contributed by atoms with E-state index in [1.807, 2.05) is 30.3 Å². The second-order valence-corrected chi connectivity index (χ2v) is 11.6.